The Hall–Kier alpha value is -2.77. The van der Waals surface area contributed by atoms with Gasteiger partial charge in [-0.2, -0.15) is 0 Å². The highest BCUT2D eigenvalue weighted by atomic mass is 19.2. The largest absolute Gasteiger partial charge is 0.342 e. The van der Waals surface area contributed by atoms with Gasteiger partial charge in [0.25, 0.3) is 0 Å². The summed E-state index contributed by atoms with van der Waals surface area (Å²) < 4.78 is 44.0. The molecule has 0 atom stereocenters. The Morgan fingerprint density at radius 2 is 1.29 bits per heavy atom. The van der Waals surface area contributed by atoms with Crippen molar-refractivity contribution in [1.82, 2.24) is 18.9 Å². The highest BCUT2D eigenvalue weighted by Gasteiger charge is 2.27. The second kappa shape index (κ2) is 9.84. The van der Waals surface area contributed by atoms with Crippen LogP contribution in [0, 0.1) is 24.4 Å². The summed E-state index contributed by atoms with van der Waals surface area (Å²) in [4.78, 5) is 4.48. The van der Waals surface area contributed by atoms with Crippen molar-refractivity contribution in [2.24, 2.45) is 0 Å². The van der Waals surface area contributed by atoms with E-state index in [9.17, 15) is 13.2 Å². The molecule has 7 heteroatoms. The van der Waals surface area contributed by atoms with Gasteiger partial charge in [-0.05, 0) is 63.0 Å². The lowest BCUT2D eigenvalue weighted by molar-refractivity contribution is 0.144. The third kappa shape index (κ3) is 4.46. The zero-order valence-corrected chi connectivity index (χ0v) is 20.5. The van der Waals surface area contributed by atoms with Crippen LogP contribution in [0.15, 0.2) is 48.8 Å². The summed E-state index contributed by atoms with van der Waals surface area (Å²) in [6.45, 7) is 10.1. The minimum absolute atomic E-state index is 0.154. The zero-order valence-electron chi connectivity index (χ0n) is 20.5. The van der Waals surface area contributed by atoms with E-state index < -0.39 is 11.6 Å². The number of rotatable bonds is 2. The Labute approximate surface area is 199 Å². The van der Waals surface area contributed by atoms with Gasteiger partial charge in [0.05, 0.1) is 17.6 Å². The predicted octanol–water partition coefficient (Wildman–Crippen LogP) is 6.01. The Balaban J connectivity index is 0.000000150. The standard InChI is InChI=1S/C13H15FN2.C12H12F2N2.C2H6/c1-9-6-16(11-7-15(2)8-11)13-4-3-10(14)5-12(9)13;1-15-6-8(7-15)16-5-4-9-11(16)3-2-10(13)12(9)14;1-2/h3-6,11H,7-8H2,1-2H3;2-5,8H,6-7H2,1H3;1-2H3. The molecule has 0 N–H and O–H groups in total. The summed E-state index contributed by atoms with van der Waals surface area (Å²) in [6, 6.07) is 10.5. The quantitative estimate of drug-likeness (QED) is 0.357. The normalized spacial score (nSPS) is 17.1. The van der Waals surface area contributed by atoms with Crippen LogP contribution in [0.3, 0.4) is 0 Å². The van der Waals surface area contributed by atoms with Gasteiger partial charge in [-0.1, -0.05) is 13.8 Å². The average molecular weight is 471 g/mol. The second-order valence-corrected chi connectivity index (χ2v) is 9.15. The van der Waals surface area contributed by atoms with Gasteiger partial charge in [0.15, 0.2) is 11.6 Å². The molecule has 0 saturated carbocycles. The maximum atomic E-state index is 13.5. The van der Waals surface area contributed by atoms with Gasteiger partial charge in [-0.3, -0.25) is 0 Å². The molecule has 0 bridgehead atoms. The van der Waals surface area contributed by atoms with E-state index in [1.54, 1.807) is 24.3 Å². The SMILES string of the molecule is CC.CN1CC(n2ccc3c(F)c(F)ccc32)C1.Cc1cn(C2CN(C)C2)c2ccc(F)cc12. The molecule has 4 heterocycles. The Morgan fingerprint density at radius 3 is 1.91 bits per heavy atom. The Kier molecular flexibility index (Phi) is 7.05. The molecule has 2 aliphatic rings. The summed E-state index contributed by atoms with van der Waals surface area (Å²) in [5, 5.41) is 1.41. The molecule has 2 aromatic heterocycles. The van der Waals surface area contributed by atoms with E-state index in [-0.39, 0.29) is 5.82 Å². The number of likely N-dealkylation sites (N-methyl/N-ethyl adjacent to an activating group) is 2. The second-order valence-electron chi connectivity index (χ2n) is 9.15. The van der Waals surface area contributed by atoms with E-state index >= 15 is 0 Å². The molecule has 0 unspecified atom stereocenters. The average Bonchev–Trinajstić information content (AvgIpc) is 3.35. The first-order valence-corrected chi connectivity index (χ1v) is 11.9. The molecule has 182 valence electrons. The number of likely N-dealkylation sites (tertiary alicyclic amines) is 2. The van der Waals surface area contributed by atoms with Crippen molar-refractivity contribution in [3.8, 4) is 0 Å². The van der Waals surface area contributed by atoms with Crippen LogP contribution in [-0.2, 0) is 0 Å². The van der Waals surface area contributed by atoms with Crippen LogP contribution in [0.4, 0.5) is 13.2 Å². The van der Waals surface area contributed by atoms with E-state index in [4.69, 9.17) is 0 Å². The van der Waals surface area contributed by atoms with Crippen molar-refractivity contribution >= 4 is 21.8 Å². The third-order valence-corrected chi connectivity index (χ3v) is 6.66. The maximum Gasteiger partial charge on any atom is 0.168 e. The molecule has 2 aromatic carbocycles. The topological polar surface area (TPSA) is 16.3 Å². The first-order chi connectivity index (χ1) is 16.3. The fraction of sp³-hybridized carbons (Fsp3) is 0.407. The van der Waals surface area contributed by atoms with Gasteiger partial charge in [-0.15, -0.1) is 0 Å². The smallest absolute Gasteiger partial charge is 0.168 e. The van der Waals surface area contributed by atoms with Gasteiger partial charge in [0.2, 0.25) is 0 Å². The van der Waals surface area contributed by atoms with Crippen molar-refractivity contribution in [3.63, 3.8) is 0 Å². The van der Waals surface area contributed by atoms with Crippen molar-refractivity contribution in [2.45, 2.75) is 32.9 Å². The fourth-order valence-corrected chi connectivity index (χ4v) is 4.88. The highest BCUT2D eigenvalue weighted by Crippen LogP contribution is 2.29. The molecule has 0 spiro atoms. The molecule has 0 aliphatic carbocycles. The van der Waals surface area contributed by atoms with Crippen LogP contribution >= 0.6 is 0 Å². The van der Waals surface area contributed by atoms with Crippen LogP contribution in [0.2, 0.25) is 0 Å². The number of hydrogen-bond donors (Lipinski definition) is 0. The number of aromatic nitrogens is 2. The van der Waals surface area contributed by atoms with E-state index in [1.807, 2.05) is 44.6 Å². The van der Waals surface area contributed by atoms with Gasteiger partial charge in [0.1, 0.15) is 5.82 Å². The van der Waals surface area contributed by atoms with Crippen LogP contribution in [0.25, 0.3) is 21.8 Å². The highest BCUT2D eigenvalue weighted by molar-refractivity contribution is 5.84. The monoisotopic (exact) mass is 470 g/mol. The first kappa shape index (κ1) is 24.4. The molecular weight excluding hydrogens is 437 g/mol. The van der Waals surface area contributed by atoms with Gasteiger partial charge in [0, 0.05) is 54.9 Å². The molecule has 0 radical (unpaired) electrons. The van der Waals surface area contributed by atoms with Crippen molar-refractivity contribution in [3.05, 3.63) is 71.8 Å². The molecule has 2 fully saturated rings. The molecule has 4 aromatic rings. The minimum atomic E-state index is -0.782. The van der Waals surface area contributed by atoms with Crippen LogP contribution in [0.1, 0.15) is 31.5 Å². The maximum absolute atomic E-state index is 13.5. The van der Waals surface area contributed by atoms with E-state index in [0.29, 0.717) is 17.5 Å². The number of halogens is 3. The molecular formula is C27H33F3N4. The third-order valence-electron chi connectivity index (χ3n) is 6.66. The molecule has 2 aliphatic heterocycles. The zero-order chi connectivity index (χ0) is 24.6. The van der Waals surface area contributed by atoms with E-state index in [0.717, 1.165) is 48.2 Å². The number of fused-ring (bicyclic) bond motifs is 2. The lowest BCUT2D eigenvalue weighted by Gasteiger charge is -2.37. The van der Waals surface area contributed by atoms with Crippen LogP contribution in [0.5, 0.6) is 0 Å². The van der Waals surface area contributed by atoms with Crippen molar-refractivity contribution < 1.29 is 13.2 Å². The predicted molar refractivity (Wildman–Crippen MR) is 133 cm³/mol. The van der Waals surface area contributed by atoms with Crippen LogP contribution < -0.4 is 0 Å². The first-order valence-electron chi connectivity index (χ1n) is 11.9. The van der Waals surface area contributed by atoms with Crippen LogP contribution in [-0.4, -0.2) is 59.2 Å². The number of nitrogens with zero attached hydrogens (tertiary/aromatic N) is 4. The molecule has 0 amide bonds. The summed E-state index contributed by atoms with van der Waals surface area (Å²) in [5.41, 5.74) is 3.08. The number of hydrogen-bond acceptors (Lipinski definition) is 2. The van der Waals surface area contributed by atoms with Gasteiger partial charge < -0.3 is 18.9 Å². The number of aryl methyl sites for hydroxylation is 1. The summed E-state index contributed by atoms with van der Waals surface area (Å²) in [6.07, 6.45) is 3.98. The van der Waals surface area contributed by atoms with Gasteiger partial charge >= 0.3 is 0 Å². The lowest BCUT2D eigenvalue weighted by atomic mass is 10.1. The summed E-state index contributed by atoms with van der Waals surface area (Å²) in [5.74, 6) is -1.68. The van der Waals surface area contributed by atoms with Crippen molar-refractivity contribution in [1.29, 1.82) is 0 Å². The number of benzene rings is 2. The lowest BCUT2D eigenvalue weighted by Crippen LogP contribution is -2.44. The van der Waals surface area contributed by atoms with E-state index in [2.05, 4.69) is 27.6 Å². The fourth-order valence-electron chi connectivity index (χ4n) is 4.88. The molecule has 34 heavy (non-hydrogen) atoms. The summed E-state index contributed by atoms with van der Waals surface area (Å²) in [7, 11) is 4.16. The Morgan fingerprint density at radius 1 is 0.735 bits per heavy atom. The Bertz CT molecular complexity index is 1270. The molecule has 4 nitrogen and oxygen atoms in total. The van der Waals surface area contributed by atoms with Gasteiger partial charge in [-0.25, -0.2) is 13.2 Å². The molecule has 6 rings (SSSR count). The van der Waals surface area contributed by atoms with Crippen molar-refractivity contribution in [2.75, 3.05) is 40.3 Å². The van der Waals surface area contributed by atoms with E-state index in [1.165, 1.54) is 6.07 Å². The minimum Gasteiger partial charge on any atom is -0.342 e. The summed E-state index contributed by atoms with van der Waals surface area (Å²) >= 11 is 0. The molecule has 2 saturated heterocycles.